The van der Waals surface area contributed by atoms with Crippen molar-refractivity contribution in [1.82, 2.24) is 5.32 Å². The van der Waals surface area contributed by atoms with Crippen molar-refractivity contribution in [2.24, 2.45) is 46.3 Å². The zero-order chi connectivity index (χ0) is 24.7. The van der Waals surface area contributed by atoms with E-state index < -0.39 is 5.60 Å². The summed E-state index contributed by atoms with van der Waals surface area (Å²) < 4.78 is 0. The van der Waals surface area contributed by atoms with Crippen LogP contribution in [0.25, 0.3) is 0 Å². The normalized spacial score (nSPS) is 42.4. The highest BCUT2D eigenvalue weighted by Gasteiger charge is 2.60. The lowest BCUT2D eigenvalue weighted by molar-refractivity contribution is -0.145. The molecule has 0 aliphatic heterocycles. The van der Waals surface area contributed by atoms with Crippen LogP contribution in [-0.4, -0.2) is 28.5 Å². The first-order valence-electron chi connectivity index (χ1n) is 14.3. The van der Waals surface area contributed by atoms with Crippen molar-refractivity contribution in [1.29, 1.82) is 0 Å². The number of carbonyl (C=O) groups excluding carboxylic acids is 1. The summed E-state index contributed by atoms with van der Waals surface area (Å²) in [6.07, 6.45) is 15.4. The van der Waals surface area contributed by atoms with E-state index in [1.165, 1.54) is 50.5 Å². The highest BCUT2D eigenvalue weighted by Crippen LogP contribution is 2.67. The summed E-state index contributed by atoms with van der Waals surface area (Å²) in [6.45, 7) is 12.9. The zero-order valence-electron chi connectivity index (χ0n) is 22.5. The molecular formula is C30H50BrNO2. The first kappa shape index (κ1) is 26.7. The molecule has 0 aromatic heterocycles. The maximum atomic E-state index is 12.7. The van der Waals surface area contributed by atoms with Gasteiger partial charge in [-0.3, -0.25) is 4.79 Å². The first-order chi connectivity index (χ1) is 16.0. The number of rotatable bonds is 8. The van der Waals surface area contributed by atoms with Gasteiger partial charge < -0.3 is 10.4 Å². The van der Waals surface area contributed by atoms with E-state index in [1.54, 1.807) is 0 Å². The molecule has 0 spiro atoms. The van der Waals surface area contributed by atoms with E-state index in [9.17, 15) is 9.90 Å². The lowest BCUT2D eigenvalue weighted by atomic mass is 9.46. The molecule has 8 atom stereocenters. The summed E-state index contributed by atoms with van der Waals surface area (Å²) in [7, 11) is 0. The van der Waals surface area contributed by atoms with Gasteiger partial charge in [0.1, 0.15) is 5.60 Å². The molecule has 3 fully saturated rings. The minimum absolute atomic E-state index is 0.160. The lowest BCUT2D eigenvalue weighted by Gasteiger charge is -2.59. The molecule has 0 heterocycles. The Labute approximate surface area is 217 Å². The number of amides is 1. The summed E-state index contributed by atoms with van der Waals surface area (Å²) in [5.41, 5.74) is 0.808. The van der Waals surface area contributed by atoms with Crippen LogP contribution in [0, 0.1) is 46.3 Å². The second-order valence-corrected chi connectivity index (χ2v) is 14.2. The summed E-state index contributed by atoms with van der Waals surface area (Å²) in [5, 5.41) is 14.9. The molecule has 1 unspecified atom stereocenters. The molecule has 34 heavy (non-hydrogen) atoms. The molecule has 0 saturated heterocycles. The van der Waals surface area contributed by atoms with Gasteiger partial charge in [0.15, 0.2) is 0 Å². The van der Waals surface area contributed by atoms with Gasteiger partial charge in [-0.15, -0.1) is 0 Å². The molecule has 2 N–H and O–H groups in total. The van der Waals surface area contributed by atoms with Gasteiger partial charge >= 0.3 is 0 Å². The topological polar surface area (TPSA) is 49.3 Å². The third kappa shape index (κ3) is 4.69. The Bertz CT molecular complexity index is 780. The summed E-state index contributed by atoms with van der Waals surface area (Å²) in [6, 6.07) is 0. The average molecular weight is 537 g/mol. The van der Waals surface area contributed by atoms with Gasteiger partial charge in [-0.05, 0) is 91.3 Å². The van der Waals surface area contributed by atoms with Gasteiger partial charge in [0.25, 0.3) is 5.91 Å². The lowest BCUT2D eigenvalue weighted by Crippen LogP contribution is -2.56. The number of alkyl halides is 1. The van der Waals surface area contributed by atoms with Crippen LogP contribution in [0.15, 0.2) is 11.6 Å². The predicted octanol–water partition coefficient (Wildman–Crippen LogP) is 7.27. The second-order valence-electron chi connectivity index (χ2n) is 13.4. The average Bonchev–Trinajstić information content (AvgIpc) is 3.15. The number of halogens is 1. The second kappa shape index (κ2) is 10.2. The Morgan fingerprint density at radius 1 is 1.12 bits per heavy atom. The van der Waals surface area contributed by atoms with E-state index in [0.29, 0.717) is 24.8 Å². The van der Waals surface area contributed by atoms with Crippen LogP contribution in [0.1, 0.15) is 105 Å². The molecule has 4 rings (SSSR count). The number of allylic oxidation sites excluding steroid dienone is 1. The maximum absolute atomic E-state index is 12.7. The number of aliphatic hydroxyl groups is 1. The predicted molar refractivity (Wildman–Crippen MR) is 145 cm³/mol. The van der Waals surface area contributed by atoms with Gasteiger partial charge in [0, 0.05) is 18.3 Å². The summed E-state index contributed by atoms with van der Waals surface area (Å²) in [4.78, 5) is 12.7. The van der Waals surface area contributed by atoms with Gasteiger partial charge in [0.2, 0.25) is 0 Å². The van der Waals surface area contributed by atoms with Gasteiger partial charge in [-0.25, -0.2) is 0 Å². The van der Waals surface area contributed by atoms with Gasteiger partial charge in [-0.1, -0.05) is 81.5 Å². The highest BCUT2D eigenvalue weighted by atomic mass is 79.9. The molecule has 0 aromatic carbocycles. The summed E-state index contributed by atoms with van der Waals surface area (Å²) >= 11 is 3.37. The van der Waals surface area contributed by atoms with E-state index in [4.69, 9.17) is 0 Å². The van der Waals surface area contributed by atoms with Crippen LogP contribution in [0.2, 0.25) is 0 Å². The van der Waals surface area contributed by atoms with Crippen LogP contribution in [0.4, 0.5) is 0 Å². The van der Waals surface area contributed by atoms with E-state index in [-0.39, 0.29) is 11.3 Å². The molecule has 3 saturated carbocycles. The molecule has 0 radical (unpaired) electrons. The van der Waals surface area contributed by atoms with Crippen molar-refractivity contribution < 1.29 is 9.90 Å². The van der Waals surface area contributed by atoms with Crippen molar-refractivity contribution in [3.63, 3.8) is 0 Å². The molecule has 3 nitrogen and oxygen atoms in total. The van der Waals surface area contributed by atoms with E-state index in [2.05, 4.69) is 61.9 Å². The summed E-state index contributed by atoms with van der Waals surface area (Å²) in [5.74, 6) is 4.73. The third-order valence-electron chi connectivity index (χ3n) is 11.2. The highest BCUT2D eigenvalue weighted by molar-refractivity contribution is 9.09. The standard InChI is InChI=1S/C30H50BrNO2/c1-20(2)7-6-8-21(3)24-11-12-25-23-10-9-22-19-30(34,27(33)32-18-17-31)16-15-28(22,4)26(23)13-14-29(24,25)5/h9,20-21,23-26,34H,6-8,10-19H2,1-5H3,(H,32,33)/t21-,23+,24-,25+,26+,28+,29-,30?/m1/s1. The minimum atomic E-state index is -1.23. The van der Waals surface area contributed by atoms with E-state index in [0.717, 1.165) is 53.7 Å². The number of hydrogen-bond acceptors (Lipinski definition) is 2. The van der Waals surface area contributed by atoms with Gasteiger partial charge in [0.05, 0.1) is 0 Å². The van der Waals surface area contributed by atoms with Crippen molar-refractivity contribution in [3.8, 4) is 0 Å². The molecule has 1 amide bonds. The smallest absolute Gasteiger partial charge is 0.252 e. The maximum Gasteiger partial charge on any atom is 0.252 e. The quantitative estimate of drug-likeness (QED) is 0.253. The van der Waals surface area contributed by atoms with Crippen LogP contribution < -0.4 is 5.32 Å². The fourth-order valence-electron chi connectivity index (χ4n) is 9.19. The first-order valence-corrected chi connectivity index (χ1v) is 15.4. The Hall–Kier alpha value is -0.350. The number of hydrogen-bond donors (Lipinski definition) is 2. The van der Waals surface area contributed by atoms with Crippen molar-refractivity contribution in [2.75, 3.05) is 11.9 Å². The monoisotopic (exact) mass is 535 g/mol. The molecular weight excluding hydrogens is 486 g/mol. The Kier molecular flexibility index (Phi) is 8.00. The van der Waals surface area contributed by atoms with Crippen LogP contribution >= 0.6 is 15.9 Å². The number of carbonyl (C=O) groups is 1. The largest absolute Gasteiger partial charge is 0.380 e. The fourth-order valence-corrected chi connectivity index (χ4v) is 9.39. The number of nitrogens with one attached hydrogen (secondary N) is 1. The van der Waals surface area contributed by atoms with E-state index >= 15 is 0 Å². The van der Waals surface area contributed by atoms with Crippen molar-refractivity contribution in [3.05, 3.63) is 11.6 Å². The Balaban J connectivity index is 1.47. The van der Waals surface area contributed by atoms with E-state index in [1.807, 2.05) is 0 Å². The third-order valence-corrected chi connectivity index (χ3v) is 11.6. The van der Waals surface area contributed by atoms with Crippen LogP contribution in [0.3, 0.4) is 0 Å². The van der Waals surface area contributed by atoms with Crippen molar-refractivity contribution >= 4 is 21.8 Å². The zero-order valence-corrected chi connectivity index (χ0v) is 24.1. The molecule has 4 heteroatoms. The molecule has 0 bridgehead atoms. The van der Waals surface area contributed by atoms with Gasteiger partial charge in [-0.2, -0.15) is 0 Å². The van der Waals surface area contributed by atoms with Crippen molar-refractivity contribution in [2.45, 2.75) is 111 Å². The Morgan fingerprint density at radius 3 is 2.59 bits per heavy atom. The molecule has 194 valence electrons. The van der Waals surface area contributed by atoms with Crippen LogP contribution in [0.5, 0.6) is 0 Å². The molecule has 4 aliphatic carbocycles. The SMILES string of the molecule is CC(C)CCC[C@@H](C)[C@H]1CC[C@H]2[C@@H]3CC=C4CC(O)(C(=O)NCCBr)CC[C@]4(C)[C@H]3CC[C@]12C. The molecule has 0 aromatic rings. The van der Waals surface area contributed by atoms with Crippen LogP contribution in [-0.2, 0) is 4.79 Å². The fraction of sp³-hybridized carbons (Fsp3) is 0.900. The minimum Gasteiger partial charge on any atom is -0.380 e. The molecule has 4 aliphatic rings. The Morgan fingerprint density at radius 2 is 1.88 bits per heavy atom. The number of fused-ring (bicyclic) bond motifs is 5.